The van der Waals surface area contributed by atoms with Crippen LogP contribution in [-0.2, 0) is 0 Å². The first-order chi connectivity index (χ1) is 6.02. The highest BCUT2D eigenvalue weighted by Crippen LogP contribution is 1.91. The third kappa shape index (κ3) is 8.92. The third-order valence-electron chi connectivity index (χ3n) is 1.37. The Labute approximate surface area is 80.6 Å². The van der Waals surface area contributed by atoms with Crippen LogP contribution in [0.2, 0.25) is 0 Å². The van der Waals surface area contributed by atoms with Gasteiger partial charge in [-0.3, -0.25) is 0 Å². The van der Waals surface area contributed by atoms with Gasteiger partial charge in [-0.05, 0) is 11.8 Å². The van der Waals surface area contributed by atoms with Gasteiger partial charge in [-0.15, -0.1) is 0 Å². The van der Waals surface area contributed by atoms with Crippen molar-refractivity contribution in [3.8, 4) is 0 Å². The number of rotatable bonds is 4. The van der Waals surface area contributed by atoms with E-state index in [-0.39, 0.29) is 6.03 Å². The molecule has 0 aliphatic heterocycles. The molecule has 0 unspecified atom stereocenters. The van der Waals surface area contributed by atoms with Crippen LogP contribution in [0.1, 0.15) is 27.7 Å². The predicted molar refractivity (Wildman–Crippen MR) is 55.4 cm³/mol. The average Bonchev–Trinajstić information content (AvgIpc) is 2.00. The Balaban J connectivity index is 3.52. The normalized spacial score (nSPS) is 11.2. The lowest BCUT2D eigenvalue weighted by Gasteiger charge is -2.06. The van der Waals surface area contributed by atoms with E-state index in [0.29, 0.717) is 18.4 Å². The summed E-state index contributed by atoms with van der Waals surface area (Å²) in [7, 11) is 0. The van der Waals surface area contributed by atoms with Crippen LogP contribution in [0.4, 0.5) is 4.79 Å². The first kappa shape index (κ1) is 12.0. The number of urea groups is 1. The summed E-state index contributed by atoms with van der Waals surface area (Å²) in [5, 5.41) is 5.39. The van der Waals surface area contributed by atoms with Crippen molar-refractivity contribution < 1.29 is 4.79 Å². The van der Waals surface area contributed by atoms with Gasteiger partial charge >= 0.3 is 6.03 Å². The fourth-order valence-electron chi connectivity index (χ4n) is 0.664. The molecule has 0 heterocycles. The number of amides is 2. The molecule has 2 amide bonds. The highest BCUT2D eigenvalue weighted by Gasteiger charge is 1.97. The molecule has 0 aromatic heterocycles. The molecule has 3 heteroatoms. The molecule has 2 N–H and O–H groups in total. The van der Waals surface area contributed by atoms with Crippen LogP contribution in [0.25, 0.3) is 0 Å². The summed E-state index contributed by atoms with van der Waals surface area (Å²) in [6.07, 6.45) is 3.62. The van der Waals surface area contributed by atoms with E-state index in [1.165, 1.54) is 0 Å². The van der Waals surface area contributed by atoms with Gasteiger partial charge in [-0.1, -0.05) is 33.8 Å². The van der Waals surface area contributed by atoms with Crippen LogP contribution in [0.5, 0.6) is 0 Å². The van der Waals surface area contributed by atoms with E-state index < -0.39 is 0 Å². The molecule has 0 saturated carbocycles. The number of nitrogens with one attached hydrogen (secondary N) is 2. The van der Waals surface area contributed by atoms with Crippen molar-refractivity contribution in [1.29, 1.82) is 0 Å². The minimum absolute atomic E-state index is 0.134. The minimum Gasteiger partial charge on any atom is -0.338 e. The number of allylic oxidation sites excluding steroid dienone is 1. The highest BCUT2D eigenvalue weighted by atomic mass is 16.2. The summed E-state index contributed by atoms with van der Waals surface area (Å²) in [4.78, 5) is 11.1. The first-order valence-electron chi connectivity index (χ1n) is 4.73. The van der Waals surface area contributed by atoms with Crippen molar-refractivity contribution in [2.24, 2.45) is 11.8 Å². The number of hydrogen-bond donors (Lipinski definition) is 2. The highest BCUT2D eigenvalue weighted by molar-refractivity contribution is 5.74. The SMILES string of the molecule is CC(C)/C=C/NC(=O)NCC(C)C. The minimum atomic E-state index is -0.134. The molecule has 0 rings (SSSR count). The zero-order valence-electron chi connectivity index (χ0n) is 8.92. The zero-order valence-corrected chi connectivity index (χ0v) is 8.92. The van der Waals surface area contributed by atoms with Gasteiger partial charge in [0.05, 0.1) is 0 Å². The van der Waals surface area contributed by atoms with E-state index in [4.69, 9.17) is 0 Å². The van der Waals surface area contributed by atoms with Gasteiger partial charge in [-0.25, -0.2) is 4.79 Å². The van der Waals surface area contributed by atoms with Crippen LogP contribution in [0, 0.1) is 11.8 Å². The standard InChI is InChI=1S/C10H20N2O/c1-8(2)5-6-11-10(13)12-7-9(3)4/h5-6,8-9H,7H2,1-4H3,(H2,11,12,13)/b6-5+. The maximum atomic E-state index is 11.1. The van der Waals surface area contributed by atoms with Gasteiger partial charge in [0.2, 0.25) is 0 Å². The van der Waals surface area contributed by atoms with Gasteiger partial charge in [0, 0.05) is 12.7 Å². The Morgan fingerprint density at radius 3 is 2.38 bits per heavy atom. The van der Waals surface area contributed by atoms with E-state index in [2.05, 4.69) is 38.3 Å². The summed E-state index contributed by atoms with van der Waals surface area (Å²) in [5.41, 5.74) is 0. The topological polar surface area (TPSA) is 41.1 Å². The van der Waals surface area contributed by atoms with Crippen molar-refractivity contribution in [2.45, 2.75) is 27.7 Å². The van der Waals surface area contributed by atoms with Gasteiger partial charge in [0.25, 0.3) is 0 Å². The van der Waals surface area contributed by atoms with Gasteiger partial charge in [-0.2, -0.15) is 0 Å². The molecular formula is C10H20N2O. The number of hydrogen-bond acceptors (Lipinski definition) is 1. The molecular weight excluding hydrogens is 164 g/mol. The lowest BCUT2D eigenvalue weighted by atomic mass is 10.2. The Morgan fingerprint density at radius 1 is 1.31 bits per heavy atom. The summed E-state index contributed by atoms with van der Waals surface area (Å²) >= 11 is 0. The Morgan fingerprint density at radius 2 is 1.92 bits per heavy atom. The molecule has 0 spiro atoms. The van der Waals surface area contributed by atoms with Crippen LogP contribution in [0.15, 0.2) is 12.3 Å². The molecule has 3 nitrogen and oxygen atoms in total. The second-order valence-electron chi connectivity index (χ2n) is 3.85. The maximum absolute atomic E-state index is 11.1. The Kier molecular flexibility index (Phi) is 6.02. The van der Waals surface area contributed by atoms with E-state index in [0.717, 1.165) is 0 Å². The van der Waals surface area contributed by atoms with Crippen molar-refractivity contribution in [3.05, 3.63) is 12.3 Å². The zero-order chi connectivity index (χ0) is 10.3. The van der Waals surface area contributed by atoms with Gasteiger partial charge in [0.1, 0.15) is 0 Å². The summed E-state index contributed by atoms with van der Waals surface area (Å²) in [5.74, 6) is 0.949. The third-order valence-corrected chi connectivity index (χ3v) is 1.37. The summed E-state index contributed by atoms with van der Waals surface area (Å²) in [6.45, 7) is 8.95. The lowest BCUT2D eigenvalue weighted by molar-refractivity contribution is 0.243. The molecule has 0 aliphatic rings. The molecule has 0 bridgehead atoms. The van der Waals surface area contributed by atoms with Crippen molar-refractivity contribution in [2.75, 3.05) is 6.54 Å². The fraction of sp³-hybridized carbons (Fsp3) is 0.700. The second-order valence-corrected chi connectivity index (χ2v) is 3.85. The predicted octanol–water partition coefficient (Wildman–Crippen LogP) is 2.11. The van der Waals surface area contributed by atoms with Crippen molar-refractivity contribution in [3.63, 3.8) is 0 Å². The molecule has 0 saturated heterocycles. The van der Waals surface area contributed by atoms with Crippen molar-refractivity contribution in [1.82, 2.24) is 10.6 Å². The Hall–Kier alpha value is -0.990. The van der Waals surface area contributed by atoms with Gasteiger partial charge < -0.3 is 10.6 Å². The molecule has 0 radical (unpaired) electrons. The lowest BCUT2D eigenvalue weighted by Crippen LogP contribution is -2.34. The average molecular weight is 184 g/mol. The van der Waals surface area contributed by atoms with E-state index >= 15 is 0 Å². The van der Waals surface area contributed by atoms with Crippen LogP contribution >= 0.6 is 0 Å². The van der Waals surface area contributed by atoms with Crippen molar-refractivity contribution >= 4 is 6.03 Å². The maximum Gasteiger partial charge on any atom is 0.318 e. The van der Waals surface area contributed by atoms with Crippen LogP contribution < -0.4 is 10.6 Å². The Bertz CT molecular complexity index is 174. The summed E-state index contributed by atoms with van der Waals surface area (Å²) in [6, 6.07) is -0.134. The molecule has 13 heavy (non-hydrogen) atoms. The fourth-order valence-corrected chi connectivity index (χ4v) is 0.664. The second kappa shape index (κ2) is 6.52. The molecule has 0 aromatic carbocycles. The molecule has 0 atom stereocenters. The molecule has 76 valence electrons. The molecule has 0 aliphatic carbocycles. The monoisotopic (exact) mass is 184 g/mol. The molecule has 0 aromatic rings. The molecule has 0 fully saturated rings. The van der Waals surface area contributed by atoms with E-state index in [1.54, 1.807) is 6.20 Å². The van der Waals surface area contributed by atoms with E-state index in [9.17, 15) is 4.79 Å². The van der Waals surface area contributed by atoms with Gasteiger partial charge in [0.15, 0.2) is 0 Å². The summed E-state index contributed by atoms with van der Waals surface area (Å²) < 4.78 is 0. The smallest absolute Gasteiger partial charge is 0.318 e. The van der Waals surface area contributed by atoms with Crippen LogP contribution in [0.3, 0.4) is 0 Å². The largest absolute Gasteiger partial charge is 0.338 e. The van der Waals surface area contributed by atoms with Crippen LogP contribution in [-0.4, -0.2) is 12.6 Å². The quantitative estimate of drug-likeness (QED) is 0.690. The number of carbonyl (C=O) groups excluding carboxylic acids is 1. The first-order valence-corrected chi connectivity index (χ1v) is 4.73. The number of carbonyl (C=O) groups is 1. The van der Waals surface area contributed by atoms with E-state index in [1.807, 2.05) is 6.08 Å².